The molecule has 3 N–H and O–H groups in total. The molecule has 7 nitrogen and oxygen atoms in total. The van der Waals surface area contributed by atoms with Crippen molar-refractivity contribution in [2.75, 3.05) is 14.2 Å². The molecule has 7 heteroatoms. The number of carbonyl (C=O) groups excluding carboxylic acids is 1. The molecule has 0 amide bonds. The molecule has 1 aliphatic rings. The van der Waals surface area contributed by atoms with E-state index in [2.05, 4.69) is 0 Å². The molecule has 2 aromatic carbocycles. The SMILES string of the molecule is COc1cc([C@@H]2CC(=O)c3c(O)cc(O)cc3O2)cc(O)c1OC. The van der Waals surface area contributed by atoms with Crippen molar-refractivity contribution in [3.8, 4) is 34.5 Å². The minimum atomic E-state index is -0.697. The monoisotopic (exact) mass is 332 g/mol. The van der Waals surface area contributed by atoms with Crippen molar-refractivity contribution in [2.24, 2.45) is 0 Å². The molecule has 0 unspecified atom stereocenters. The largest absolute Gasteiger partial charge is 0.508 e. The minimum absolute atomic E-state index is 0.0275. The van der Waals surface area contributed by atoms with Crippen molar-refractivity contribution in [3.63, 3.8) is 0 Å². The first-order valence-electron chi connectivity index (χ1n) is 7.15. The molecule has 0 aromatic heterocycles. The third kappa shape index (κ3) is 2.54. The Bertz CT molecular complexity index is 813. The average Bonchev–Trinajstić information content (AvgIpc) is 2.52. The lowest BCUT2D eigenvalue weighted by molar-refractivity contribution is 0.0844. The maximum absolute atomic E-state index is 12.3. The summed E-state index contributed by atoms with van der Waals surface area (Å²) in [4.78, 5) is 12.3. The van der Waals surface area contributed by atoms with Gasteiger partial charge in [0.05, 0.1) is 20.6 Å². The van der Waals surface area contributed by atoms with Crippen molar-refractivity contribution < 1.29 is 34.3 Å². The summed E-state index contributed by atoms with van der Waals surface area (Å²) in [6.07, 6.45) is -0.725. The summed E-state index contributed by atoms with van der Waals surface area (Å²) in [7, 11) is 2.83. The molecule has 0 bridgehead atoms. The second-order valence-corrected chi connectivity index (χ2v) is 5.35. The Morgan fingerprint density at radius 1 is 1.04 bits per heavy atom. The number of phenols is 3. The number of Topliss-reactive ketones (excluding diaryl/α,β-unsaturated/α-hetero) is 1. The zero-order valence-corrected chi connectivity index (χ0v) is 13.1. The van der Waals surface area contributed by atoms with Gasteiger partial charge in [-0.1, -0.05) is 0 Å². The van der Waals surface area contributed by atoms with Crippen LogP contribution in [0, 0.1) is 0 Å². The van der Waals surface area contributed by atoms with E-state index in [9.17, 15) is 20.1 Å². The lowest BCUT2D eigenvalue weighted by atomic mass is 9.95. The van der Waals surface area contributed by atoms with Gasteiger partial charge in [-0.05, 0) is 12.1 Å². The van der Waals surface area contributed by atoms with Crippen molar-refractivity contribution in [1.29, 1.82) is 0 Å². The van der Waals surface area contributed by atoms with Crippen molar-refractivity contribution in [1.82, 2.24) is 0 Å². The first-order chi connectivity index (χ1) is 11.4. The molecule has 0 fully saturated rings. The van der Waals surface area contributed by atoms with Gasteiger partial charge in [0.1, 0.15) is 28.9 Å². The lowest BCUT2D eigenvalue weighted by Crippen LogP contribution is -2.20. The van der Waals surface area contributed by atoms with E-state index in [1.165, 1.54) is 26.4 Å². The number of ether oxygens (including phenoxy) is 3. The molecule has 24 heavy (non-hydrogen) atoms. The van der Waals surface area contributed by atoms with Gasteiger partial charge in [-0.15, -0.1) is 0 Å². The van der Waals surface area contributed by atoms with Gasteiger partial charge in [0.15, 0.2) is 17.3 Å². The summed E-state index contributed by atoms with van der Waals surface area (Å²) in [5.41, 5.74) is 0.542. The highest BCUT2D eigenvalue weighted by Gasteiger charge is 2.31. The lowest BCUT2D eigenvalue weighted by Gasteiger charge is -2.26. The van der Waals surface area contributed by atoms with Crippen molar-refractivity contribution in [2.45, 2.75) is 12.5 Å². The Morgan fingerprint density at radius 2 is 1.79 bits per heavy atom. The molecule has 0 saturated heterocycles. The Kier molecular flexibility index (Phi) is 3.84. The Labute approximate surface area is 137 Å². The highest BCUT2D eigenvalue weighted by atomic mass is 16.5. The normalized spacial score (nSPS) is 16.2. The molecule has 1 heterocycles. The topological polar surface area (TPSA) is 105 Å². The van der Waals surface area contributed by atoms with Crippen molar-refractivity contribution in [3.05, 3.63) is 35.4 Å². The summed E-state index contributed by atoms with van der Waals surface area (Å²) in [6, 6.07) is 5.37. The van der Waals surface area contributed by atoms with E-state index in [0.29, 0.717) is 11.3 Å². The van der Waals surface area contributed by atoms with Crippen LogP contribution >= 0.6 is 0 Å². The molecular weight excluding hydrogens is 316 g/mol. The molecule has 2 aromatic rings. The molecule has 0 saturated carbocycles. The van der Waals surface area contributed by atoms with E-state index in [-0.39, 0.29) is 46.5 Å². The van der Waals surface area contributed by atoms with Gasteiger partial charge in [-0.3, -0.25) is 4.79 Å². The number of methoxy groups -OCH3 is 2. The van der Waals surface area contributed by atoms with Crippen LogP contribution in [0.5, 0.6) is 34.5 Å². The highest BCUT2D eigenvalue weighted by molar-refractivity contribution is 6.02. The second kappa shape index (κ2) is 5.84. The Hall–Kier alpha value is -3.09. The summed E-state index contributed by atoms with van der Waals surface area (Å²) < 4.78 is 16.0. The summed E-state index contributed by atoms with van der Waals surface area (Å²) in [6.45, 7) is 0. The molecule has 1 atom stereocenters. The van der Waals surface area contributed by atoms with E-state index in [1.54, 1.807) is 6.07 Å². The van der Waals surface area contributed by atoms with Gasteiger partial charge in [0.25, 0.3) is 0 Å². The molecule has 0 spiro atoms. The number of hydrogen-bond acceptors (Lipinski definition) is 7. The average molecular weight is 332 g/mol. The molecule has 3 rings (SSSR count). The zero-order chi connectivity index (χ0) is 17.4. The van der Waals surface area contributed by atoms with Crippen LogP contribution in [0.2, 0.25) is 0 Å². The number of hydrogen-bond donors (Lipinski definition) is 3. The smallest absolute Gasteiger partial charge is 0.203 e. The third-order valence-electron chi connectivity index (χ3n) is 3.84. The predicted molar refractivity (Wildman–Crippen MR) is 83.3 cm³/mol. The van der Waals surface area contributed by atoms with E-state index < -0.39 is 6.10 Å². The van der Waals surface area contributed by atoms with Crippen molar-refractivity contribution >= 4 is 5.78 Å². The number of ketones is 1. The van der Waals surface area contributed by atoms with Crippen LogP contribution in [0.1, 0.15) is 28.4 Å². The Balaban J connectivity index is 2.03. The maximum Gasteiger partial charge on any atom is 0.203 e. The van der Waals surface area contributed by atoms with Crippen LogP contribution in [-0.4, -0.2) is 35.3 Å². The Morgan fingerprint density at radius 3 is 2.46 bits per heavy atom. The summed E-state index contributed by atoms with van der Waals surface area (Å²) in [5, 5.41) is 29.5. The van der Waals surface area contributed by atoms with Gasteiger partial charge >= 0.3 is 0 Å². The van der Waals surface area contributed by atoms with E-state index in [4.69, 9.17) is 14.2 Å². The number of fused-ring (bicyclic) bond motifs is 1. The van der Waals surface area contributed by atoms with E-state index >= 15 is 0 Å². The summed E-state index contributed by atoms with van der Waals surface area (Å²) >= 11 is 0. The predicted octanol–water partition coefficient (Wildman–Crippen LogP) is 2.53. The van der Waals surface area contributed by atoms with E-state index in [1.807, 2.05) is 0 Å². The molecular formula is C17H16O7. The number of benzene rings is 2. The summed E-state index contributed by atoms with van der Waals surface area (Å²) in [5.74, 6) is -0.450. The fourth-order valence-electron chi connectivity index (χ4n) is 2.76. The van der Waals surface area contributed by atoms with Gasteiger partial charge in [0.2, 0.25) is 5.75 Å². The van der Waals surface area contributed by atoms with Gasteiger partial charge < -0.3 is 29.5 Å². The number of aromatic hydroxyl groups is 3. The molecule has 126 valence electrons. The number of rotatable bonds is 3. The zero-order valence-electron chi connectivity index (χ0n) is 13.1. The van der Waals surface area contributed by atoms with Crippen LogP contribution in [0.3, 0.4) is 0 Å². The maximum atomic E-state index is 12.3. The van der Waals surface area contributed by atoms with Crippen LogP contribution in [0.15, 0.2) is 24.3 Å². The van der Waals surface area contributed by atoms with E-state index in [0.717, 1.165) is 6.07 Å². The van der Waals surface area contributed by atoms with Gasteiger partial charge in [-0.2, -0.15) is 0 Å². The first kappa shape index (κ1) is 15.8. The third-order valence-corrected chi connectivity index (χ3v) is 3.84. The molecule has 0 aliphatic carbocycles. The van der Waals surface area contributed by atoms with Gasteiger partial charge in [0, 0.05) is 17.7 Å². The molecule has 1 aliphatic heterocycles. The quantitative estimate of drug-likeness (QED) is 0.793. The highest BCUT2D eigenvalue weighted by Crippen LogP contribution is 2.45. The number of phenolic OH excluding ortho intramolecular Hbond substituents is 3. The minimum Gasteiger partial charge on any atom is -0.508 e. The van der Waals surface area contributed by atoms with Crippen LogP contribution in [-0.2, 0) is 0 Å². The second-order valence-electron chi connectivity index (χ2n) is 5.35. The molecule has 0 radical (unpaired) electrons. The number of carbonyl (C=O) groups is 1. The van der Waals surface area contributed by atoms with Gasteiger partial charge in [-0.25, -0.2) is 0 Å². The fourth-order valence-corrected chi connectivity index (χ4v) is 2.76. The standard InChI is InChI=1S/C17H16O7/c1-22-15-4-8(3-12(21)17(15)23-2)13-7-11(20)16-10(19)5-9(18)6-14(16)24-13/h3-6,13,18-19,21H,7H2,1-2H3/t13-/m0/s1. The van der Waals surface area contributed by atoms with Crippen LogP contribution in [0.4, 0.5) is 0 Å². The first-order valence-corrected chi connectivity index (χ1v) is 7.15. The fraction of sp³-hybridized carbons (Fsp3) is 0.235. The van der Waals surface area contributed by atoms with Crippen LogP contribution < -0.4 is 14.2 Å². The van der Waals surface area contributed by atoms with Crippen LogP contribution in [0.25, 0.3) is 0 Å².